The van der Waals surface area contributed by atoms with Gasteiger partial charge in [-0.25, -0.2) is 8.96 Å². The average Bonchev–Trinajstić information content (AvgIpc) is 3.56. The minimum atomic E-state index is -0.321. The van der Waals surface area contributed by atoms with Gasteiger partial charge in [-0.3, -0.25) is 0 Å². The molecule has 0 atom stereocenters. The van der Waals surface area contributed by atoms with E-state index in [9.17, 15) is 0 Å². The van der Waals surface area contributed by atoms with E-state index in [0.29, 0.717) is 11.1 Å². The standard InChI is InChI=1S/C37H25FNO2/c1-22-12-14-27-28-15-16-30(38)35(25-13-17-33-29(20-25)26-10-6-7-11-32(26)40-33)37(28)41-36(27)34(22)31-21-24(18-19-39(31)2)23-8-4-3-5-9-23/h3-21H,1-2H3/q+1. The van der Waals surface area contributed by atoms with E-state index in [-0.39, 0.29) is 5.82 Å². The van der Waals surface area contributed by atoms with Crippen LogP contribution < -0.4 is 4.57 Å². The Hall–Kier alpha value is -5.22. The van der Waals surface area contributed by atoms with Gasteiger partial charge in [0.1, 0.15) is 35.2 Å². The molecule has 4 heteroatoms. The van der Waals surface area contributed by atoms with Crippen molar-refractivity contribution in [1.82, 2.24) is 0 Å². The Bertz CT molecular complexity index is 2290. The molecule has 0 N–H and O–H groups in total. The molecule has 3 nitrogen and oxygen atoms in total. The highest BCUT2D eigenvalue weighted by atomic mass is 19.1. The molecule has 3 heterocycles. The van der Waals surface area contributed by atoms with Crippen molar-refractivity contribution in [3.05, 3.63) is 127 Å². The van der Waals surface area contributed by atoms with Crippen LogP contribution >= 0.6 is 0 Å². The van der Waals surface area contributed by atoms with Crippen molar-refractivity contribution in [2.24, 2.45) is 7.05 Å². The third-order valence-corrected chi connectivity index (χ3v) is 8.15. The second kappa shape index (κ2) is 8.90. The van der Waals surface area contributed by atoms with E-state index in [1.165, 1.54) is 0 Å². The number of aryl methyl sites for hydroxylation is 2. The van der Waals surface area contributed by atoms with E-state index >= 15 is 4.39 Å². The molecule has 0 aliphatic carbocycles. The number of fused-ring (bicyclic) bond motifs is 6. The Labute approximate surface area is 235 Å². The van der Waals surface area contributed by atoms with Gasteiger partial charge in [-0.15, -0.1) is 0 Å². The topological polar surface area (TPSA) is 30.2 Å². The van der Waals surface area contributed by atoms with E-state index in [1.54, 1.807) is 6.07 Å². The van der Waals surface area contributed by atoms with Gasteiger partial charge in [-0.1, -0.05) is 66.7 Å². The monoisotopic (exact) mass is 534 g/mol. The molecule has 0 bridgehead atoms. The van der Waals surface area contributed by atoms with Gasteiger partial charge in [0.2, 0.25) is 5.69 Å². The van der Waals surface area contributed by atoms with Crippen LogP contribution in [0, 0.1) is 12.7 Å². The van der Waals surface area contributed by atoms with Crippen molar-refractivity contribution in [2.75, 3.05) is 0 Å². The van der Waals surface area contributed by atoms with Crippen molar-refractivity contribution < 1.29 is 17.8 Å². The summed E-state index contributed by atoms with van der Waals surface area (Å²) in [4.78, 5) is 0. The number of benzene rings is 5. The average molecular weight is 535 g/mol. The second-order valence-corrected chi connectivity index (χ2v) is 10.6. The van der Waals surface area contributed by atoms with Crippen LogP contribution in [0.5, 0.6) is 0 Å². The lowest BCUT2D eigenvalue weighted by molar-refractivity contribution is -0.660. The summed E-state index contributed by atoms with van der Waals surface area (Å²) < 4.78 is 30.5. The molecule has 196 valence electrons. The predicted molar refractivity (Wildman–Crippen MR) is 163 cm³/mol. The number of pyridine rings is 1. The van der Waals surface area contributed by atoms with Crippen LogP contribution in [-0.4, -0.2) is 0 Å². The number of furan rings is 2. The van der Waals surface area contributed by atoms with Gasteiger partial charge in [-0.2, -0.15) is 0 Å². The van der Waals surface area contributed by atoms with Crippen LogP contribution in [0.1, 0.15) is 5.56 Å². The molecular weight excluding hydrogens is 509 g/mol. The maximum Gasteiger partial charge on any atom is 0.216 e. The molecule has 8 rings (SSSR count). The molecular formula is C37H25FNO2+. The molecule has 41 heavy (non-hydrogen) atoms. The molecule has 0 spiro atoms. The summed E-state index contributed by atoms with van der Waals surface area (Å²) in [6.07, 6.45) is 2.08. The Morgan fingerprint density at radius 1 is 0.561 bits per heavy atom. The first kappa shape index (κ1) is 23.6. The maximum atomic E-state index is 15.7. The number of halogens is 1. The summed E-state index contributed by atoms with van der Waals surface area (Å²) in [5, 5.41) is 3.80. The highest BCUT2D eigenvalue weighted by molar-refractivity contribution is 6.14. The first-order valence-electron chi connectivity index (χ1n) is 13.7. The van der Waals surface area contributed by atoms with Gasteiger partial charge in [-0.05, 0) is 59.5 Å². The molecule has 5 aromatic carbocycles. The van der Waals surface area contributed by atoms with E-state index in [1.807, 2.05) is 73.8 Å². The Balaban J connectivity index is 1.39. The zero-order chi connectivity index (χ0) is 27.7. The lowest BCUT2D eigenvalue weighted by Gasteiger charge is -2.08. The summed E-state index contributed by atoms with van der Waals surface area (Å²) in [5.41, 5.74) is 9.48. The third-order valence-electron chi connectivity index (χ3n) is 8.15. The fourth-order valence-corrected chi connectivity index (χ4v) is 6.08. The fourth-order valence-electron chi connectivity index (χ4n) is 6.08. The zero-order valence-corrected chi connectivity index (χ0v) is 22.6. The Morgan fingerprint density at radius 2 is 1.29 bits per heavy atom. The van der Waals surface area contributed by atoms with Crippen LogP contribution in [0.4, 0.5) is 4.39 Å². The first-order chi connectivity index (χ1) is 20.1. The summed E-state index contributed by atoms with van der Waals surface area (Å²) in [5.74, 6) is -0.321. The van der Waals surface area contributed by atoms with Crippen LogP contribution in [0.2, 0.25) is 0 Å². The molecule has 0 saturated carbocycles. The summed E-state index contributed by atoms with van der Waals surface area (Å²) in [7, 11) is 2.04. The summed E-state index contributed by atoms with van der Waals surface area (Å²) >= 11 is 0. The summed E-state index contributed by atoms with van der Waals surface area (Å²) in [6, 6.07) is 36.0. The fraction of sp³-hybridized carbons (Fsp3) is 0.0541. The number of para-hydroxylation sites is 1. The molecule has 0 unspecified atom stereocenters. The highest BCUT2D eigenvalue weighted by Crippen LogP contribution is 2.43. The van der Waals surface area contributed by atoms with Crippen molar-refractivity contribution >= 4 is 43.9 Å². The third kappa shape index (κ3) is 3.61. The molecule has 0 saturated heterocycles. The SMILES string of the molecule is Cc1ccc2c(oc3c(-c4ccc5oc6ccccc6c5c4)c(F)ccc32)c1-c1cc(-c2ccccc2)cc[n+]1C. The van der Waals surface area contributed by atoms with Gasteiger partial charge < -0.3 is 8.83 Å². The van der Waals surface area contributed by atoms with Gasteiger partial charge in [0, 0.05) is 33.7 Å². The predicted octanol–water partition coefficient (Wildman–Crippen LogP) is 9.76. The minimum absolute atomic E-state index is 0.321. The lowest BCUT2D eigenvalue weighted by atomic mass is 9.97. The number of hydrogen-bond acceptors (Lipinski definition) is 2. The molecule has 3 aromatic heterocycles. The van der Waals surface area contributed by atoms with Gasteiger partial charge in [0.05, 0.1) is 11.1 Å². The van der Waals surface area contributed by atoms with Crippen molar-refractivity contribution in [1.29, 1.82) is 0 Å². The molecule has 0 amide bonds. The normalized spacial score (nSPS) is 11.8. The highest BCUT2D eigenvalue weighted by Gasteiger charge is 2.24. The molecule has 8 aromatic rings. The van der Waals surface area contributed by atoms with Crippen LogP contribution in [0.25, 0.3) is 77.4 Å². The van der Waals surface area contributed by atoms with Crippen LogP contribution in [-0.2, 0) is 7.05 Å². The Morgan fingerprint density at radius 3 is 2.15 bits per heavy atom. The smallest absolute Gasteiger partial charge is 0.216 e. The van der Waals surface area contributed by atoms with Crippen molar-refractivity contribution in [2.45, 2.75) is 6.92 Å². The zero-order valence-electron chi connectivity index (χ0n) is 22.6. The number of aromatic nitrogens is 1. The van der Waals surface area contributed by atoms with E-state index in [0.717, 1.165) is 71.8 Å². The molecule has 0 aliphatic rings. The first-order valence-corrected chi connectivity index (χ1v) is 13.7. The van der Waals surface area contributed by atoms with E-state index in [2.05, 4.69) is 54.1 Å². The molecule has 0 fully saturated rings. The van der Waals surface area contributed by atoms with Gasteiger partial charge in [0.15, 0.2) is 6.20 Å². The van der Waals surface area contributed by atoms with E-state index < -0.39 is 0 Å². The maximum absolute atomic E-state index is 15.7. The van der Waals surface area contributed by atoms with Crippen molar-refractivity contribution in [3.8, 4) is 33.5 Å². The second-order valence-electron chi connectivity index (χ2n) is 10.6. The van der Waals surface area contributed by atoms with Crippen LogP contribution in [0.3, 0.4) is 0 Å². The quantitative estimate of drug-likeness (QED) is 0.211. The molecule has 0 radical (unpaired) electrons. The van der Waals surface area contributed by atoms with Gasteiger partial charge >= 0.3 is 0 Å². The summed E-state index contributed by atoms with van der Waals surface area (Å²) in [6.45, 7) is 2.09. The molecule has 0 aliphatic heterocycles. The number of nitrogens with zero attached hydrogens (tertiary/aromatic N) is 1. The van der Waals surface area contributed by atoms with E-state index in [4.69, 9.17) is 8.83 Å². The largest absolute Gasteiger partial charge is 0.456 e. The van der Waals surface area contributed by atoms with Gasteiger partial charge in [0.25, 0.3) is 0 Å². The van der Waals surface area contributed by atoms with Crippen molar-refractivity contribution in [3.63, 3.8) is 0 Å². The number of hydrogen-bond donors (Lipinski definition) is 0. The lowest BCUT2D eigenvalue weighted by Crippen LogP contribution is -2.30. The van der Waals surface area contributed by atoms with Crippen LogP contribution in [0.15, 0.2) is 124 Å². The number of rotatable bonds is 3. The Kier molecular flexibility index (Phi) is 5.13. The minimum Gasteiger partial charge on any atom is -0.456 e.